The Bertz CT molecular complexity index is 1980. The predicted molar refractivity (Wildman–Crippen MR) is 157 cm³/mol. The number of aromatic amines is 2. The molecule has 0 radical (unpaired) electrons. The van der Waals surface area contributed by atoms with Crippen LogP contribution < -0.4 is 0 Å². The molecule has 6 nitrogen and oxygen atoms in total. The van der Waals surface area contributed by atoms with Crippen LogP contribution in [0.5, 0.6) is 0 Å². The van der Waals surface area contributed by atoms with Crippen LogP contribution in [-0.2, 0) is 0 Å². The van der Waals surface area contributed by atoms with Gasteiger partial charge in [-0.2, -0.15) is 0 Å². The van der Waals surface area contributed by atoms with Crippen LogP contribution in [0.15, 0.2) is 91.0 Å². The molecular weight excluding hydrogens is 484 g/mol. The second kappa shape index (κ2) is 9.11. The number of carbonyl (C=O) groups is 1. The van der Waals surface area contributed by atoms with Crippen molar-refractivity contribution >= 4 is 52.3 Å². The molecule has 5 aromatic rings. The Morgan fingerprint density at radius 2 is 1.13 bits per heavy atom. The molecular formula is C33H22N4O2. The Labute approximate surface area is 223 Å². The predicted octanol–water partition coefficient (Wildman–Crippen LogP) is 7.69. The first-order valence-corrected chi connectivity index (χ1v) is 12.6. The van der Waals surface area contributed by atoms with Gasteiger partial charge < -0.3 is 15.1 Å². The van der Waals surface area contributed by atoms with E-state index in [1.165, 1.54) is 0 Å². The van der Waals surface area contributed by atoms with Crippen LogP contribution in [0.4, 0.5) is 0 Å². The Balaban J connectivity index is 1.60. The van der Waals surface area contributed by atoms with Crippen molar-refractivity contribution in [3.63, 3.8) is 0 Å². The van der Waals surface area contributed by atoms with Gasteiger partial charge in [0.05, 0.1) is 28.3 Å². The number of nitrogens with zero attached hydrogens (tertiary/aromatic N) is 2. The number of nitrogens with one attached hydrogen (secondary N) is 2. The van der Waals surface area contributed by atoms with E-state index in [2.05, 4.69) is 28.2 Å². The summed E-state index contributed by atoms with van der Waals surface area (Å²) in [5, 5.41) is 9.42. The van der Waals surface area contributed by atoms with Gasteiger partial charge in [0.15, 0.2) is 0 Å². The zero-order chi connectivity index (χ0) is 26.3. The van der Waals surface area contributed by atoms with Gasteiger partial charge >= 0.3 is 5.97 Å². The number of H-pyrrole nitrogens is 2. The molecule has 0 fully saturated rings. The van der Waals surface area contributed by atoms with Gasteiger partial charge in [0.1, 0.15) is 0 Å². The average Bonchev–Trinajstić information content (AvgIpc) is 3.76. The summed E-state index contributed by atoms with van der Waals surface area (Å²) in [6, 6.07) is 29.3. The van der Waals surface area contributed by atoms with Crippen molar-refractivity contribution in [3.8, 4) is 22.3 Å². The molecule has 3 N–H and O–H groups in total. The van der Waals surface area contributed by atoms with Crippen molar-refractivity contribution in [1.29, 1.82) is 0 Å². The topological polar surface area (TPSA) is 94.7 Å². The van der Waals surface area contributed by atoms with Crippen LogP contribution in [0.2, 0.25) is 0 Å². The van der Waals surface area contributed by atoms with Gasteiger partial charge in [0.2, 0.25) is 0 Å². The summed E-state index contributed by atoms with van der Waals surface area (Å²) in [7, 11) is 0. The molecule has 0 spiro atoms. The Morgan fingerprint density at radius 3 is 1.67 bits per heavy atom. The van der Waals surface area contributed by atoms with E-state index in [0.29, 0.717) is 0 Å². The van der Waals surface area contributed by atoms with Gasteiger partial charge in [-0.3, -0.25) is 0 Å². The second-order valence-electron chi connectivity index (χ2n) is 9.45. The maximum absolute atomic E-state index is 11.5. The first kappa shape index (κ1) is 22.7. The van der Waals surface area contributed by atoms with E-state index in [4.69, 9.17) is 9.97 Å². The highest BCUT2D eigenvalue weighted by Gasteiger charge is 2.14. The number of fused-ring (bicyclic) bond motifs is 8. The summed E-state index contributed by atoms with van der Waals surface area (Å²) in [6.07, 6.45) is 8.05. The maximum atomic E-state index is 11.5. The fourth-order valence-electron chi connectivity index (χ4n) is 5.07. The molecule has 5 heterocycles. The Kier molecular flexibility index (Phi) is 5.30. The first-order chi connectivity index (χ1) is 19.1. The summed E-state index contributed by atoms with van der Waals surface area (Å²) >= 11 is 0. The largest absolute Gasteiger partial charge is 0.478 e. The highest BCUT2D eigenvalue weighted by atomic mass is 16.4. The van der Waals surface area contributed by atoms with E-state index >= 15 is 0 Å². The Hall–Kier alpha value is -5.49. The molecule has 0 amide bonds. The van der Waals surface area contributed by atoms with Crippen LogP contribution in [0, 0.1) is 0 Å². The monoisotopic (exact) mass is 506 g/mol. The molecule has 6 heteroatoms. The van der Waals surface area contributed by atoms with Crippen LogP contribution in [0.3, 0.4) is 0 Å². The van der Waals surface area contributed by atoms with Crippen molar-refractivity contribution in [2.45, 2.75) is 0 Å². The normalized spacial score (nSPS) is 12.1. The summed E-state index contributed by atoms with van der Waals surface area (Å²) in [5.41, 5.74) is 11.1. The standard InChI is InChI=1S/C33H22N4O2/c38-33(39)22-8-6-21(7-9-22)32-28-15-13-26(36-28)19-24-11-10-23(34-24)18-25-12-14-27(35-25)31(20-4-2-1-3-5-20)29-16-17-30(32)37-29/h1-19,34,37H,(H,38,39). The molecule has 0 atom stereocenters. The molecule has 186 valence electrons. The van der Waals surface area contributed by atoms with Crippen molar-refractivity contribution < 1.29 is 9.90 Å². The minimum atomic E-state index is -0.957. The molecule has 2 aliphatic rings. The van der Waals surface area contributed by atoms with E-state index in [1.54, 1.807) is 12.1 Å². The summed E-state index contributed by atoms with van der Waals surface area (Å²) in [4.78, 5) is 28.4. The fourth-order valence-corrected chi connectivity index (χ4v) is 5.07. The highest BCUT2D eigenvalue weighted by Crippen LogP contribution is 2.33. The number of carboxylic acids is 1. The third-order valence-electron chi connectivity index (χ3n) is 6.88. The van der Waals surface area contributed by atoms with Crippen LogP contribution in [-0.4, -0.2) is 31.0 Å². The molecule has 3 aromatic heterocycles. The number of carboxylic acid groups (broad SMARTS) is 1. The first-order valence-electron chi connectivity index (χ1n) is 12.6. The average molecular weight is 507 g/mol. The molecule has 39 heavy (non-hydrogen) atoms. The third-order valence-corrected chi connectivity index (χ3v) is 6.88. The van der Waals surface area contributed by atoms with Gasteiger partial charge in [0.25, 0.3) is 0 Å². The molecule has 0 unspecified atom stereocenters. The van der Waals surface area contributed by atoms with Crippen molar-refractivity contribution in [2.24, 2.45) is 0 Å². The number of rotatable bonds is 3. The molecule has 0 saturated carbocycles. The van der Waals surface area contributed by atoms with Gasteiger partial charge in [-0.05, 0) is 84.0 Å². The van der Waals surface area contributed by atoms with E-state index in [1.807, 2.05) is 85.0 Å². The van der Waals surface area contributed by atoms with Crippen LogP contribution >= 0.6 is 0 Å². The van der Waals surface area contributed by atoms with E-state index < -0.39 is 5.97 Å². The Morgan fingerprint density at radius 1 is 0.590 bits per heavy atom. The molecule has 2 aromatic carbocycles. The van der Waals surface area contributed by atoms with Crippen molar-refractivity contribution in [3.05, 3.63) is 119 Å². The number of aromatic nitrogens is 4. The van der Waals surface area contributed by atoms with Gasteiger partial charge in [-0.1, -0.05) is 42.5 Å². The number of benzene rings is 2. The SMILES string of the molecule is O=C(O)c1ccc(-c2c3nc(cc4ccc(cc5nc(c(-c6ccccc6)c6ccc2[nH]6)C=C5)[nH]4)C=C3)cc1. The number of hydrogen-bond donors (Lipinski definition) is 3. The van der Waals surface area contributed by atoms with E-state index in [-0.39, 0.29) is 5.56 Å². The van der Waals surface area contributed by atoms with E-state index in [9.17, 15) is 9.90 Å². The smallest absolute Gasteiger partial charge is 0.335 e. The molecule has 0 saturated heterocycles. The summed E-state index contributed by atoms with van der Waals surface area (Å²) in [5.74, 6) is -0.957. The van der Waals surface area contributed by atoms with Gasteiger partial charge in [0, 0.05) is 33.2 Å². The molecule has 0 aliphatic carbocycles. The third kappa shape index (κ3) is 4.24. The summed E-state index contributed by atoms with van der Waals surface area (Å²) in [6.45, 7) is 0. The minimum absolute atomic E-state index is 0.237. The quantitative estimate of drug-likeness (QED) is 0.229. The van der Waals surface area contributed by atoms with Gasteiger partial charge in [-0.25, -0.2) is 14.8 Å². The summed E-state index contributed by atoms with van der Waals surface area (Å²) < 4.78 is 0. The highest BCUT2D eigenvalue weighted by molar-refractivity contribution is 5.96. The number of hydrogen-bond acceptors (Lipinski definition) is 3. The fraction of sp³-hybridized carbons (Fsp3) is 0. The van der Waals surface area contributed by atoms with Crippen molar-refractivity contribution in [1.82, 2.24) is 19.9 Å². The lowest BCUT2D eigenvalue weighted by Crippen LogP contribution is -1.95. The van der Waals surface area contributed by atoms with Gasteiger partial charge in [-0.15, -0.1) is 0 Å². The molecule has 2 aliphatic heterocycles. The number of aromatic carboxylic acids is 1. The zero-order valence-electron chi connectivity index (χ0n) is 20.7. The van der Waals surface area contributed by atoms with Crippen LogP contribution in [0.25, 0.3) is 68.6 Å². The zero-order valence-corrected chi connectivity index (χ0v) is 20.7. The van der Waals surface area contributed by atoms with Crippen LogP contribution in [0.1, 0.15) is 33.1 Å². The van der Waals surface area contributed by atoms with E-state index in [0.717, 1.165) is 67.1 Å². The second-order valence-corrected chi connectivity index (χ2v) is 9.45. The minimum Gasteiger partial charge on any atom is -0.478 e. The lowest BCUT2D eigenvalue weighted by Gasteiger charge is -2.06. The maximum Gasteiger partial charge on any atom is 0.335 e. The molecule has 7 rings (SSSR count). The lowest BCUT2D eigenvalue weighted by atomic mass is 10.0. The molecule has 8 bridgehead atoms. The lowest BCUT2D eigenvalue weighted by molar-refractivity contribution is 0.0697. The van der Waals surface area contributed by atoms with Crippen molar-refractivity contribution in [2.75, 3.05) is 0 Å².